The number of hydrogen-bond donors (Lipinski definition) is 3. The van der Waals surface area contributed by atoms with Gasteiger partial charge < -0.3 is 10.4 Å². The molecule has 3 unspecified atom stereocenters. The molecular formula is C17H31NO5S. The SMILES string of the molecule is CC1(C)C2CCC1(CS(=O)(=O)O)C(=O)C2.CC1CC[C@@H](CO)CN1. The molecule has 3 rings (SSSR count). The van der Waals surface area contributed by atoms with E-state index in [9.17, 15) is 13.2 Å². The van der Waals surface area contributed by atoms with Crippen LogP contribution in [0.1, 0.15) is 52.9 Å². The molecule has 0 aromatic rings. The molecule has 2 saturated carbocycles. The van der Waals surface area contributed by atoms with Gasteiger partial charge in [-0.1, -0.05) is 13.8 Å². The van der Waals surface area contributed by atoms with Crippen LogP contribution in [-0.4, -0.2) is 48.8 Å². The van der Waals surface area contributed by atoms with E-state index >= 15 is 0 Å². The van der Waals surface area contributed by atoms with Gasteiger partial charge in [-0.2, -0.15) is 8.42 Å². The number of aliphatic hydroxyl groups excluding tert-OH is 1. The predicted molar refractivity (Wildman–Crippen MR) is 92.3 cm³/mol. The molecular weight excluding hydrogens is 330 g/mol. The molecule has 3 aliphatic rings. The summed E-state index contributed by atoms with van der Waals surface area (Å²) in [6.45, 7) is 7.42. The van der Waals surface area contributed by atoms with E-state index in [4.69, 9.17) is 9.66 Å². The second kappa shape index (κ2) is 7.02. The Morgan fingerprint density at radius 3 is 2.29 bits per heavy atom. The fraction of sp³-hybridized carbons (Fsp3) is 0.941. The molecule has 0 amide bonds. The van der Waals surface area contributed by atoms with Crippen LogP contribution in [0.25, 0.3) is 0 Å². The molecule has 140 valence electrons. The molecule has 0 spiro atoms. The van der Waals surface area contributed by atoms with Crippen molar-refractivity contribution in [3.05, 3.63) is 0 Å². The van der Waals surface area contributed by atoms with Crippen LogP contribution in [-0.2, 0) is 14.9 Å². The van der Waals surface area contributed by atoms with E-state index < -0.39 is 21.3 Å². The third-order valence-electron chi connectivity index (χ3n) is 6.59. The van der Waals surface area contributed by atoms with E-state index in [0.717, 1.165) is 13.0 Å². The second-order valence-corrected chi connectivity index (χ2v) is 9.78. The lowest BCUT2D eigenvalue weighted by molar-refractivity contribution is -0.128. The van der Waals surface area contributed by atoms with E-state index in [1.807, 2.05) is 13.8 Å². The zero-order valence-electron chi connectivity index (χ0n) is 14.9. The lowest BCUT2D eigenvalue weighted by Crippen LogP contribution is -2.42. The lowest BCUT2D eigenvalue weighted by atomic mass is 9.70. The number of nitrogens with one attached hydrogen (secondary N) is 1. The average molecular weight is 362 g/mol. The molecule has 1 saturated heterocycles. The largest absolute Gasteiger partial charge is 0.396 e. The quantitative estimate of drug-likeness (QED) is 0.660. The van der Waals surface area contributed by atoms with Crippen LogP contribution in [0, 0.1) is 22.7 Å². The molecule has 0 aromatic heterocycles. The summed E-state index contributed by atoms with van der Waals surface area (Å²) in [5.41, 5.74) is -1.12. The van der Waals surface area contributed by atoms with Crippen LogP contribution in [0.5, 0.6) is 0 Å². The van der Waals surface area contributed by atoms with Crippen molar-refractivity contribution in [1.29, 1.82) is 0 Å². The van der Waals surface area contributed by atoms with Crippen LogP contribution < -0.4 is 5.32 Å². The third-order valence-corrected chi connectivity index (χ3v) is 7.45. The van der Waals surface area contributed by atoms with Gasteiger partial charge in [0.1, 0.15) is 5.78 Å². The van der Waals surface area contributed by atoms with Gasteiger partial charge >= 0.3 is 0 Å². The highest BCUT2D eigenvalue weighted by Crippen LogP contribution is 2.64. The van der Waals surface area contributed by atoms with Crippen molar-refractivity contribution in [2.24, 2.45) is 22.7 Å². The van der Waals surface area contributed by atoms with E-state index in [1.165, 1.54) is 12.8 Å². The molecule has 1 aliphatic heterocycles. The Hall–Kier alpha value is -0.500. The van der Waals surface area contributed by atoms with Gasteiger partial charge in [0.25, 0.3) is 10.1 Å². The van der Waals surface area contributed by atoms with Gasteiger partial charge in [-0.05, 0) is 49.9 Å². The van der Waals surface area contributed by atoms with Crippen molar-refractivity contribution in [3.63, 3.8) is 0 Å². The summed E-state index contributed by atoms with van der Waals surface area (Å²) in [6, 6.07) is 0.660. The van der Waals surface area contributed by atoms with Crippen molar-refractivity contribution in [2.45, 2.75) is 58.9 Å². The van der Waals surface area contributed by atoms with Crippen molar-refractivity contribution in [3.8, 4) is 0 Å². The highest BCUT2D eigenvalue weighted by atomic mass is 32.2. The van der Waals surface area contributed by atoms with E-state index in [1.54, 1.807) is 0 Å². The van der Waals surface area contributed by atoms with Gasteiger partial charge in [-0.25, -0.2) is 0 Å². The zero-order valence-corrected chi connectivity index (χ0v) is 15.7. The molecule has 2 bridgehead atoms. The summed E-state index contributed by atoms with van der Waals surface area (Å²) in [4.78, 5) is 11.9. The molecule has 7 heteroatoms. The molecule has 2 aliphatic carbocycles. The summed E-state index contributed by atoms with van der Waals surface area (Å²) in [7, 11) is -4.08. The summed E-state index contributed by atoms with van der Waals surface area (Å²) in [5, 5.41) is 12.1. The Kier molecular flexibility index (Phi) is 5.79. The van der Waals surface area contributed by atoms with Crippen molar-refractivity contribution >= 4 is 15.9 Å². The maximum absolute atomic E-state index is 11.9. The maximum Gasteiger partial charge on any atom is 0.265 e. The first kappa shape index (κ1) is 19.8. The number of fused-ring (bicyclic) bond motifs is 2. The fourth-order valence-electron chi connectivity index (χ4n) is 4.63. The van der Waals surface area contributed by atoms with Crippen LogP contribution in [0.3, 0.4) is 0 Å². The standard InChI is InChI=1S/C10H16O4S.C7H15NO/c1-9(2)7-3-4-10(9,8(11)5-7)6-15(12,13)14;1-6-2-3-7(5-9)4-8-6/h7H,3-6H2,1-2H3,(H,12,13,14);6-9H,2-5H2,1H3/t;6?,7-/m.1/s1. The first-order valence-corrected chi connectivity index (χ1v) is 10.5. The minimum absolute atomic E-state index is 0.0152. The number of Topliss-reactive ketones (excluding diaryl/α,β-unsaturated/α-hetero) is 1. The molecule has 0 aromatic carbocycles. The Morgan fingerprint density at radius 2 is 1.92 bits per heavy atom. The highest BCUT2D eigenvalue weighted by molar-refractivity contribution is 7.85. The van der Waals surface area contributed by atoms with Crippen molar-refractivity contribution in [2.75, 3.05) is 18.9 Å². The minimum atomic E-state index is -4.08. The number of aliphatic hydroxyl groups is 1. The Balaban J connectivity index is 0.000000198. The first-order chi connectivity index (χ1) is 11.0. The van der Waals surface area contributed by atoms with Crippen LogP contribution in [0.4, 0.5) is 0 Å². The fourth-order valence-corrected chi connectivity index (χ4v) is 5.93. The minimum Gasteiger partial charge on any atom is -0.396 e. The normalized spacial score (nSPS) is 37.9. The van der Waals surface area contributed by atoms with Gasteiger partial charge in [0.15, 0.2) is 0 Å². The summed E-state index contributed by atoms with van der Waals surface area (Å²) >= 11 is 0. The number of carbonyl (C=O) groups excluding carboxylic acids is 1. The number of ketones is 1. The third kappa shape index (κ3) is 3.84. The molecule has 3 N–H and O–H groups in total. The van der Waals surface area contributed by atoms with E-state index in [2.05, 4.69) is 12.2 Å². The molecule has 4 atom stereocenters. The maximum atomic E-state index is 11.9. The Morgan fingerprint density at radius 1 is 1.25 bits per heavy atom. The van der Waals surface area contributed by atoms with Crippen LogP contribution in [0.2, 0.25) is 0 Å². The summed E-state index contributed by atoms with van der Waals surface area (Å²) < 4.78 is 31.0. The van der Waals surface area contributed by atoms with E-state index in [0.29, 0.717) is 31.4 Å². The van der Waals surface area contributed by atoms with Crippen LogP contribution in [0.15, 0.2) is 0 Å². The second-order valence-electron chi connectivity index (χ2n) is 8.33. The zero-order chi connectivity index (χ0) is 18.2. The number of rotatable bonds is 3. The molecule has 6 nitrogen and oxygen atoms in total. The number of piperidine rings is 1. The average Bonchev–Trinajstić information content (AvgIpc) is 2.81. The van der Waals surface area contributed by atoms with Gasteiger partial charge in [0.05, 0.1) is 11.2 Å². The van der Waals surface area contributed by atoms with Crippen molar-refractivity contribution < 1.29 is 22.9 Å². The van der Waals surface area contributed by atoms with Gasteiger partial charge in [-0.15, -0.1) is 0 Å². The van der Waals surface area contributed by atoms with Gasteiger partial charge in [-0.3, -0.25) is 9.35 Å². The molecule has 0 radical (unpaired) electrons. The van der Waals surface area contributed by atoms with Gasteiger partial charge in [0.2, 0.25) is 0 Å². The Labute approximate surface area is 145 Å². The Bertz CT molecular complexity index is 566. The lowest BCUT2D eigenvalue weighted by Gasteiger charge is -2.35. The van der Waals surface area contributed by atoms with Gasteiger partial charge in [0, 0.05) is 25.6 Å². The van der Waals surface area contributed by atoms with E-state index in [-0.39, 0.29) is 17.1 Å². The molecule has 1 heterocycles. The predicted octanol–water partition coefficient (Wildman–Crippen LogP) is 1.64. The topological polar surface area (TPSA) is 104 Å². The summed E-state index contributed by atoms with van der Waals surface area (Å²) in [5.74, 6) is 0.414. The number of hydrogen-bond acceptors (Lipinski definition) is 5. The smallest absolute Gasteiger partial charge is 0.265 e. The first-order valence-electron chi connectivity index (χ1n) is 8.84. The molecule has 3 fully saturated rings. The summed E-state index contributed by atoms with van der Waals surface area (Å²) in [6.07, 6.45) is 4.37. The highest BCUT2D eigenvalue weighted by Gasteiger charge is 2.65. The number of carbonyl (C=O) groups is 1. The molecule has 24 heavy (non-hydrogen) atoms. The van der Waals surface area contributed by atoms with Crippen molar-refractivity contribution in [1.82, 2.24) is 5.32 Å². The van der Waals surface area contributed by atoms with Crippen LogP contribution >= 0.6 is 0 Å². The monoisotopic (exact) mass is 361 g/mol.